The Labute approximate surface area is 110 Å². The SMILES string of the molecule is CS(C)(OS(=O)(=O)C(F)(F)F)c1ccc(Cl)cc1. The first kappa shape index (κ1) is 15.6. The highest BCUT2D eigenvalue weighted by Gasteiger charge is 2.49. The normalized spacial score (nSPS) is 14.6. The number of rotatable bonds is 3. The second kappa shape index (κ2) is 4.92. The van der Waals surface area contributed by atoms with E-state index in [1.807, 2.05) is 0 Å². The van der Waals surface area contributed by atoms with Gasteiger partial charge in [0.1, 0.15) is 0 Å². The Morgan fingerprint density at radius 2 is 1.56 bits per heavy atom. The van der Waals surface area contributed by atoms with E-state index < -0.39 is 25.9 Å². The van der Waals surface area contributed by atoms with Crippen LogP contribution in [0.25, 0.3) is 0 Å². The molecular formula is C9H10ClF3O3S2. The van der Waals surface area contributed by atoms with E-state index in [0.29, 0.717) is 9.92 Å². The topological polar surface area (TPSA) is 43.4 Å². The van der Waals surface area contributed by atoms with Gasteiger partial charge in [-0.3, -0.25) is 0 Å². The molecule has 0 amide bonds. The van der Waals surface area contributed by atoms with Crippen molar-refractivity contribution in [2.45, 2.75) is 10.4 Å². The molecule has 0 aliphatic carbocycles. The zero-order chi connectivity index (χ0) is 14.2. The van der Waals surface area contributed by atoms with Crippen molar-refractivity contribution in [2.24, 2.45) is 0 Å². The molecule has 0 aliphatic heterocycles. The minimum absolute atomic E-state index is 0.347. The van der Waals surface area contributed by atoms with Crippen LogP contribution in [0.4, 0.5) is 13.2 Å². The Bertz CT molecular complexity index is 523. The van der Waals surface area contributed by atoms with Crippen molar-refractivity contribution in [2.75, 3.05) is 12.5 Å². The molecule has 0 spiro atoms. The van der Waals surface area contributed by atoms with Crippen LogP contribution in [-0.2, 0) is 13.7 Å². The lowest BCUT2D eigenvalue weighted by Gasteiger charge is -2.30. The lowest BCUT2D eigenvalue weighted by atomic mass is 10.4. The predicted molar refractivity (Wildman–Crippen MR) is 65.2 cm³/mol. The highest BCUT2D eigenvalue weighted by atomic mass is 35.5. The van der Waals surface area contributed by atoms with Crippen molar-refractivity contribution in [3.8, 4) is 0 Å². The largest absolute Gasteiger partial charge is 0.523 e. The fourth-order valence-corrected chi connectivity index (χ4v) is 4.40. The number of halogens is 4. The Hall–Kier alpha value is -0.440. The Morgan fingerprint density at radius 3 is 1.94 bits per heavy atom. The van der Waals surface area contributed by atoms with Crippen LogP contribution in [0.3, 0.4) is 0 Å². The minimum Gasteiger partial charge on any atom is -0.209 e. The smallest absolute Gasteiger partial charge is 0.209 e. The third-order valence-corrected chi connectivity index (χ3v) is 6.23. The molecule has 0 radical (unpaired) electrons. The quantitative estimate of drug-likeness (QED) is 0.799. The van der Waals surface area contributed by atoms with Gasteiger partial charge in [0, 0.05) is 9.92 Å². The van der Waals surface area contributed by atoms with Crippen molar-refractivity contribution in [3.63, 3.8) is 0 Å². The van der Waals surface area contributed by atoms with Gasteiger partial charge in [-0.25, -0.2) is 3.63 Å². The molecule has 0 fully saturated rings. The summed E-state index contributed by atoms with van der Waals surface area (Å²) in [6, 6.07) is 5.78. The van der Waals surface area contributed by atoms with E-state index in [-0.39, 0.29) is 0 Å². The van der Waals surface area contributed by atoms with Gasteiger partial charge in [-0.2, -0.15) is 21.6 Å². The summed E-state index contributed by atoms with van der Waals surface area (Å²) in [5, 5.41) is 0.396. The summed E-state index contributed by atoms with van der Waals surface area (Å²) >= 11 is 5.64. The van der Waals surface area contributed by atoms with E-state index in [9.17, 15) is 21.6 Å². The van der Waals surface area contributed by atoms with E-state index in [0.717, 1.165) is 0 Å². The van der Waals surface area contributed by atoms with E-state index >= 15 is 0 Å². The molecule has 18 heavy (non-hydrogen) atoms. The molecule has 0 aromatic heterocycles. The number of hydrogen-bond donors (Lipinski definition) is 0. The molecule has 0 heterocycles. The second-order valence-electron chi connectivity index (χ2n) is 3.65. The Morgan fingerprint density at radius 1 is 1.11 bits per heavy atom. The van der Waals surface area contributed by atoms with Crippen LogP contribution < -0.4 is 0 Å². The number of alkyl halides is 3. The number of hydrogen-bond acceptors (Lipinski definition) is 3. The molecule has 0 unspecified atom stereocenters. The number of benzene rings is 1. The molecule has 1 aromatic carbocycles. The monoisotopic (exact) mass is 322 g/mol. The maximum absolute atomic E-state index is 12.2. The summed E-state index contributed by atoms with van der Waals surface area (Å²) < 4.78 is 62.9. The van der Waals surface area contributed by atoms with Gasteiger partial charge in [-0.05, 0) is 36.8 Å². The van der Waals surface area contributed by atoms with Crippen LogP contribution in [0.1, 0.15) is 0 Å². The Kier molecular flexibility index (Phi) is 4.26. The van der Waals surface area contributed by atoms with Crippen molar-refractivity contribution in [1.29, 1.82) is 0 Å². The minimum atomic E-state index is -5.61. The summed E-state index contributed by atoms with van der Waals surface area (Å²) in [4.78, 5) is 0.347. The zero-order valence-electron chi connectivity index (χ0n) is 9.36. The summed E-state index contributed by atoms with van der Waals surface area (Å²) in [7, 11) is -8.19. The molecule has 9 heteroatoms. The second-order valence-corrected chi connectivity index (χ2v) is 8.94. The molecule has 1 rings (SSSR count). The van der Waals surface area contributed by atoms with Crippen LogP contribution in [0, 0.1) is 0 Å². The molecule has 0 N–H and O–H groups in total. The molecule has 1 aromatic rings. The molecule has 0 saturated carbocycles. The fraction of sp³-hybridized carbons (Fsp3) is 0.333. The van der Waals surface area contributed by atoms with Crippen molar-refractivity contribution < 1.29 is 25.2 Å². The van der Waals surface area contributed by atoms with Crippen LogP contribution >= 0.6 is 21.9 Å². The predicted octanol–water partition coefficient (Wildman–Crippen LogP) is 3.54. The average molecular weight is 323 g/mol. The van der Waals surface area contributed by atoms with Gasteiger partial charge in [0.2, 0.25) is 0 Å². The fourth-order valence-electron chi connectivity index (χ4n) is 1.06. The lowest BCUT2D eigenvalue weighted by Crippen LogP contribution is -2.26. The molecule has 0 aliphatic rings. The van der Waals surface area contributed by atoms with Crippen molar-refractivity contribution >= 4 is 32.0 Å². The lowest BCUT2D eigenvalue weighted by molar-refractivity contribution is -0.0495. The average Bonchev–Trinajstić information content (AvgIpc) is 2.14. The van der Waals surface area contributed by atoms with Gasteiger partial charge in [0.25, 0.3) is 0 Å². The Balaban J connectivity index is 3.06. The summed E-state index contributed by atoms with van der Waals surface area (Å²) in [6.45, 7) is 0. The summed E-state index contributed by atoms with van der Waals surface area (Å²) in [6.07, 6.45) is 2.61. The van der Waals surface area contributed by atoms with E-state index in [2.05, 4.69) is 3.63 Å². The molecule has 3 nitrogen and oxygen atoms in total. The van der Waals surface area contributed by atoms with E-state index in [1.165, 1.54) is 36.8 Å². The molecule has 104 valence electrons. The van der Waals surface area contributed by atoms with Crippen LogP contribution in [0.2, 0.25) is 5.02 Å². The molecule has 0 saturated heterocycles. The van der Waals surface area contributed by atoms with Gasteiger partial charge >= 0.3 is 15.6 Å². The first-order valence-corrected chi connectivity index (χ1v) is 8.63. The standard InChI is InChI=1S/C9H10ClF3O3S2/c1-17(2,8-5-3-7(10)4-6-8)16-18(14,15)9(11,12)13/h3-6H,1-2H3. The first-order chi connectivity index (χ1) is 7.96. The first-order valence-electron chi connectivity index (χ1n) is 4.47. The molecule has 0 atom stereocenters. The van der Waals surface area contributed by atoms with Gasteiger partial charge in [-0.1, -0.05) is 21.9 Å². The molecule has 0 bridgehead atoms. The van der Waals surface area contributed by atoms with Gasteiger partial charge in [-0.15, -0.1) is 0 Å². The van der Waals surface area contributed by atoms with Crippen LogP contribution in [0.15, 0.2) is 29.2 Å². The van der Waals surface area contributed by atoms with Gasteiger partial charge in [0.05, 0.1) is 0 Å². The molecular weight excluding hydrogens is 313 g/mol. The van der Waals surface area contributed by atoms with E-state index in [1.54, 1.807) is 0 Å². The van der Waals surface area contributed by atoms with E-state index in [4.69, 9.17) is 11.6 Å². The zero-order valence-corrected chi connectivity index (χ0v) is 11.8. The maximum Gasteiger partial charge on any atom is 0.523 e. The highest BCUT2D eigenvalue weighted by Crippen LogP contribution is 2.53. The van der Waals surface area contributed by atoms with Crippen LogP contribution in [0.5, 0.6) is 0 Å². The van der Waals surface area contributed by atoms with Gasteiger partial charge < -0.3 is 0 Å². The third-order valence-electron chi connectivity index (χ3n) is 1.92. The van der Waals surface area contributed by atoms with Gasteiger partial charge in [0.15, 0.2) is 0 Å². The highest BCUT2D eigenvalue weighted by molar-refractivity contribution is 8.32. The van der Waals surface area contributed by atoms with Crippen molar-refractivity contribution in [3.05, 3.63) is 29.3 Å². The maximum atomic E-state index is 12.2. The summed E-state index contributed by atoms with van der Waals surface area (Å²) in [5.74, 6) is 0. The van der Waals surface area contributed by atoms with Crippen LogP contribution in [-0.4, -0.2) is 26.4 Å². The summed E-state index contributed by atoms with van der Waals surface area (Å²) in [5.41, 5.74) is -5.43. The third kappa shape index (κ3) is 3.53. The van der Waals surface area contributed by atoms with Crippen molar-refractivity contribution in [1.82, 2.24) is 0 Å².